The maximum atomic E-state index is 11.8. The normalized spacial score (nSPS) is 27.6. The van der Waals surface area contributed by atoms with Gasteiger partial charge in [0, 0.05) is 13.1 Å². The van der Waals surface area contributed by atoms with Crippen molar-refractivity contribution in [2.24, 2.45) is 17.4 Å². The number of carbonyl (C=O) groups excluding carboxylic acids is 2. The molecule has 5 N–H and O–H groups in total. The summed E-state index contributed by atoms with van der Waals surface area (Å²) in [7, 11) is 0. The van der Waals surface area contributed by atoms with Crippen molar-refractivity contribution in [3.05, 3.63) is 0 Å². The van der Waals surface area contributed by atoms with E-state index in [9.17, 15) is 14.7 Å². The van der Waals surface area contributed by atoms with E-state index in [1.54, 1.807) is 4.90 Å². The molecule has 16 heavy (non-hydrogen) atoms. The molecule has 1 rings (SSSR count). The molecule has 0 aromatic heterocycles. The maximum absolute atomic E-state index is 11.8. The van der Waals surface area contributed by atoms with E-state index in [-0.39, 0.29) is 24.3 Å². The number of rotatable bonds is 3. The van der Waals surface area contributed by atoms with Gasteiger partial charge in [0.05, 0.1) is 18.6 Å². The van der Waals surface area contributed by atoms with Crippen LogP contribution in [-0.4, -0.2) is 47.1 Å². The van der Waals surface area contributed by atoms with E-state index in [1.807, 2.05) is 6.92 Å². The van der Waals surface area contributed by atoms with Gasteiger partial charge < -0.3 is 21.5 Å². The summed E-state index contributed by atoms with van der Waals surface area (Å²) < 4.78 is 0. The van der Waals surface area contributed by atoms with E-state index in [2.05, 4.69) is 0 Å². The number of likely N-dealkylation sites (tertiary alicyclic amines) is 1. The van der Waals surface area contributed by atoms with Gasteiger partial charge in [-0.1, -0.05) is 6.92 Å². The first-order valence-corrected chi connectivity index (χ1v) is 5.42. The molecule has 0 aliphatic carbocycles. The van der Waals surface area contributed by atoms with Gasteiger partial charge in [0.2, 0.25) is 11.8 Å². The topological polar surface area (TPSA) is 110 Å². The molecule has 1 aliphatic rings. The van der Waals surface area contributed by atoms with Crippen molar-refractivity contribution in [1.82, 2.24) is 4.90 Å². The molecule has 0 radical (unpaired) electrons. The van der Waals surface area contributed by atoms with E-state index in [1.165, 1.54) is 0 Å². The maximum Gasteiger partial charge on any atom is 0.240 e. The molecule has 3 unspecified atom stereocenters. The van der Waals surface area contributed by atoms with Crippen molar-refractivity contribution in [2.75, 3.05) is 13.1 Å². The number of hydrogen-bond donors (Lipinski definition) is 3. The minimum absolute atomic E-state index is 0.0403. The summed E-state index contributed by atoms with van der Waals surface area (Å²) in [5.41, 5.74) is 10.6. The van der Waals surface area contributed by atoms with E-state index >= 15 is 0 Å². The van der Waals surface area contributed by atoms with Crippen molar-refractivity contribution >= 4 is 11.8 Å². The molecule has 0 spiro atoms. The lowest BCUT2D eigenvalue weighted by molar-refractivity contribution is -0.137. The molecule has 0 aromatic carbocycles. The fourth-order valence-corrected chi connectivity index (χ4v) is 1.87. The third-order valence-corrected chi connectivity index (χ3v) is 2.91. The molecule has 1 heterocycles. The average Bonchev–Trinajstić information content (AvgIpc) is 2.20. The Hall–Kier alpha value is -1.14. The molecule has 0 bridgehead atoms. The molecular formula is C10H19N3O3. The highest BCUT2D eigenvalue weighted by Crippen LogP contribution is 2.17. The molecule has 6 heteroatoms. The number of aliphatic hydroxyl groups is 1. The van der Waals surface area contributed by atoms with Gasteiger partial charge >= 0.3 is 0 Å². The molecule has 6 nitrogen and oxygen atoms in total. The van der Waals surface area contributed by atoms with Crippen LogP contribution in [0.15, 0.2) is 0 Å². The second-order valence-corrected chi connectivity index (χ2v) is 4.39. The van der Waals surface area contributed by atoms with E-state index < -0.39 is 11.9 Å². The van der Waals surface area contributed by atoms with Crippen LogP contribution in [0.1, 0.15) is 19.8 Å². The monoisotopic (exact) mass is 229 g/mol. The van der Waals surface area contributed by atoms with Gasteiger partial charge in [0.15, 0.2) is 0 Å². The van der Waals surface area contributed by atoms with Gasteiger partial charge in [-0.25, -0.2) is 0 Å². The molecule has 92 valence electrons. The zero-order valence-corrected chi connectivity index (χ0v) is 9.43. The smallest absolute Gasteiger partial charge is 0.240 e. The number of nitrogens with two attached hydrogens (primary N) is 2. The summed E-state index contributed by atoms with van der Waals surface area (Å²) in [6.45, 7) is 2.84. The van der Waals surface area contributed by atoms with E-state index in [0.717, 1.165) is 0 Å². The Morgan fingerprint density at radius 1 is 1.56 bits per heavy atom. The van der Waals surface area contributed by atoms with Crippen LogP contribution in [0.25, 0.3) is 0 Å². The zero-order valence-electron chi connectivity index (χ0n) is 9.43. The number of hydrogen-bond acceptors (Lipinski definition) is 4. The minimum atomic E-state index is -0.861. The summed E-state index contributed by atoms with van der Waals surface area (Å²) in [4.78, 5) is 24.0. The predicted molar refractivity (Wildman–Crippen MR) is 58.2 cm³/mol. The van der Waals surface area contributed by atoms with E-state index in [4.69, 9.17) is 11.5 Å². The Balaban J connectivity index is 2.51. The zero-order chi connectivity index (χ0) is 12.3. The molecule has 0 aromatic rings. The van der Waals surface area contributed by atoms with E-state index in [0.29, 0.717) is 19.5 Å². The van der Waals surface area contributed by atoms with Crippen LogP contribution < -0.4 is 11.5 Å². The standard InChI is InChI=1S/C10H19N3O3/c1-6-5-13(3-2-8(6)14)10(16)7(11)4-9(12)15/h6-8,14H,2-5,11H2,1H3,(H2,12,15). The second kappa shape index (κ2) is 5.27. The lowest BCUT2D eigenvalue weighted by atomic mass is 9.96. The van der Waals surface area contributed by atoms with Crippen LogP contribution in [0, 0.1) is 5.92 Å². The Morgan fingerprint density at radius 3 is 2.69 bits per heavy atom. The molecule has 3 atom stereocenters. The third-order valence-electron chi connectivity index (χ3n) is 2.91. The number of piperidine rings is 1. The van der Waals surface area contributed by atoms with Crippen LogP contribution in [0.5, 0.6) is 0 Å². The molecule has 1 fully saturated rings. The fraction of sp³-hybridized carbons (Fsp3) is 0.800. The molecule has 1 saturated heterocycles. The SMILES string of the molecule is CC1CN(C(=O)C(N)CC(N)=O)CCC1O. The Bertz CT molecular complexity index is 282. The quantitative estimate of drug-likeness (QED) is 0.542. The van der Waals surface area contributed by atoms with Gasteiger partial charge in [-0.3, -0.25) is 9.59 Å². The summed E-state index contributed by atoms with van der Waals surface area (Å²) in [6, 6.07) is -0.861. The molecule has 1 aliphatic heterocycles. The summed E-state index contributed by atoms with van der Waals surface area (Å²) in [6.07, 6.45) is 0.0547. The molecule has 2 amide bonds. The minimum Gasteiger partial charge on any atom is -0.393 e. The van der Waals surface area contributed by atoms with Crippen molar-refractivity contribution in [2.45, 2.75) is 31.9 Å². The average molecular weight is 229 g/mol. The third kappa shape index (κ3) is 3.18. The van der Waals surface area contributed by atoms with Crippen molar-refractivity contribution in [3.63, 3.8) is 0 Å². The first-order valence-electron chi connectivity index (χ1n) is 5.42. The molecular weight excluding hydrogens is 210 g/mol. The number of carbonyl (C=O) groups is 2. The number of amides is 2. The van der Waals surface area contributed by atoms with Crippen LogP contribution >= 0.6 is 0 Å². The van der Waals surface area contributed by atoms with Crippen LogP contribution in [0.2, 0.25) is 0 Å². The van der Waals surface area contributed by atoms with Crippen LogP contribution in [0.4, 0.5) is 0 Å². The van der Waals surface area contributed by atoms with Gasteiger partial charge in [-0.2, -0.15) is 0 Å². The summed E-state index contributed by atoms with van der Waals surface area (Å²) in [5.74, 6) is -0.804. The lowest BCUT2D eigenvalue weighted by Crippen LogP contribution is -2.51. The number of aliphatic hydroxyl groups excluding tert-OH is 1. The Kier molecular flexibility index (Phi) is 4.26. The Morgan fingerprint density at radius 2 is 2.19 bits per heavy atom. The number of primary amides is 1. The van der Waals surface area contributed by atoms with Gasteiger partial charge in [0.25, 0.3) is 0 Å². The first kappa shape index (κ1) is 12.9. The molecule has 0 saturated carbocycles. The van der Waals surface area contributed by atoms with Gasteiger partial charge in [-0.05, 0) is 12.3 Å². The van der Waals surface area contributed by atoms with Crippen molar-refractivity contribution in [1.29, 1.82) is 0 Å². The first-order chi connectivity index (χ1) is 7.41. The highest BCUT2D eigenvalue weighted by molar-refractivity contribution is 5.87. The summed E-state index contributed by atoms with van der Waals surface area (Å²) >= 11 is 0. The summed E-state index contributed by atoms with van der Waals surface area (Å²) in [5, 5.41) is 9.52. The number of nitrogens with zero attached hydrogens (tertiary/aromatic N) is 1. The predicted octanol–water partition coefficient (Wildman–Crippen LogP) is -1.58. The highest BCUT2D eigenvalue weighted by atomic mass is 16.3. The Labute approximate surface area is 94.6 Å². The van der Waals surface area contributed by atoms with Crippen LogP contribution in [0.3, 0.4) is 0 Å². The lowest BCUT2D eigenvalue weighted by Gasteiger charge is -2.35. The second-order valence-electron chi connectivity index (χ2n) is 4.39. The van der Waals surface area contributed by atoms with Gasteiger partial charge in [-0.15, -0.1) is 0 Å². The van der Waals surface area contributed by atoms with Crippen molar-refractivity contribution in [3.8, 4) is 0 Å². The largest absolute Gasteiger partial charge is 0.393 e. The fourth-order valence-electron chi connectivity index (χ4n) is 1.87. The highest BCUT2D eigenvalue weighted by Gasteiger charge is 2.30. The van der Waals surface area contributed by atoms with Crippen molar-refractivity contribution < 1.29 is 14.7 Å². The van der Waals surface area contributed by atoms with Gasteiger partial charge in [0.1, 0.15) is 0 Å². The van der Waals surface area contributed by atoms with Crippen LogP contribution in [-0.2, 0) is 9.59 Å².